The van der Waals surface area contributed by atoms with Crippen molar-refractivity contribution in [1.29, 1.82) is 0 Å². The zero-order valence-electron chi connectivity index (χ0n) is 16.0. The second-order valence-corrected chi connectivity index (χ2v) is 6.49. The first-order chi connectivity index (χ1) is 13.2. The molecule has 0 bridgehead atoms. The number of primary amides is 1. The molecule has 0 atom stereocenters. The number of benzene rings is 2. The normalized spacial score (nSPS) is 11.5. The minimum absolute atomic E-state index is 0.127. The second kappa shape index (κ2) is 8.99. The van der Waals surface area contributed by atoms with Gasteiger partial charge in [-0.3, -0.25) is 4.79 Å². The Morgan fingerprint density at radius 3 is 2.21 bits per heavy atom. The van der Waals surface area contributed by atoms with E-state index < -0.39 is 17.5 Å². The lowest BCUT2D eigenvalue weighted by molar-refractivity contribution is -0.113. The number of nitrogens with two attached hydrogens (primary N) is 2. The molecule has 0 unspecified atom stereocenters. The van der Waals surface area contributed by atoms with E-state index in [1.54, 1.807) is 31.2 Å². The molecule has 2 rings (SSSR count). The molecule has 1 amide bonds. The van der Waals surface area contributed by atoms with Crippen LogP contribution in [-0.4, -0.2) is 5.91 Å². The molecule has 0 spiro atoms. The van der Waals surface area contributed by atoms with Crippen LogP contribution in [0.15, 0.2) is 66.0 Å². The van der Waals surface area contributed by atoms with Crippen LogP contribution in [0, 0.1) is 11.6 Å². The molecule has 146 valence electrons. The summed E-state index contributed by atoms with van der Waals surface area (Å²) in [5.74, 6) is -1.90. The van der Waals surface area contributed by atoms with Gasteiger partial charge in [0.1, 0.15) is 11.6 Å². The van der Waals surface area contributed by atoms with E-state index >= 15 is 0 Å². The lowest BCUT2D eigenvalue weighted by Gasteiger charge is -2.16. The van der Waals surface area contributed by atoms with Crippen LogP contribution >= 0.6 is 0 Å². The Bertz CT molecular complexity index is 967. The molecule has 0 saturated carbocycles. The van der Waals surface area contributed by atoms with Crippen LogP contribution in [0.3, 0.4) is 0 Å². The number of amides is 1. The highest BCUT2D eigenvalue weighted by Crippen LogP contribution is 2.36. The first kappa shape index (κ1) is 20.9. The lowest BCUT2D eigenvalue weighted by Crippen LogP contribution is -2.10. The van der Waals surface area contributed by atoms with Crippen molar-refractivity contribution < 1.29 is 13.6 Å². The van der Waals surface area contributed by atoms with Crippen molar-refractivity contribution in [2.75, 3.05) is 5.73 Å². The molecule has 0 fully saturated rings. The van der Waals surface area contributed by atoms with Gasteiger partial charge in [0.25, 0.3) is 0 Å². The largest absolute Gasteiger partial charge is 0.398 e. The van der Waals surface area contributed by atoms with Crippen LogP contribution in [0.1, 0.15) is 26.3 Å². The number of nitrogen functional groups attached to an aromatic ring is 1. The summed E-state index contributed by atoms with van der Waals surface area (Å²) in [4.78, 5) is 10.9. The maximum Gasteiger partial charge on any atom is 0.242 e. The molecule has 6 heteroatoms. The second-order valence-electron chi connectivity index (χ2n) is 6.49. The zero-order chi connectivity index (χ0) is 20.8. The van der Waals surface area contributed by atoms with Gasteiger partial charge in [0.05, 0.1) is 5.56 Å². The number of hydrogen-bond donors (Lipinski definition) is 3. The van der Waals surface area contributed by atoms with Gasteiger partial charge in [-0.15, -0.1) is 0 Å². The SMILES string of the molecule is CC(C)=C(/C=C(\C)c1c(N)cccc1-c1c(F)cccc1F)N/C=C/C(N)=O. The summed E-state index contributed by atoms with van der Waals surface area (Å²) in [5.41, 5.74) is 14.8. The van der Waals surface area contributed by atoms with E-state index in [0.717, 1.165) is 5.57 Å². The summed E-state index contributed by atoms with van der Waals surface area (Å²) in [6.07, 6.45) is 4.43. The minimum atomic E-state index is -0.662. The van der Waals surface area contributed by atoms with Gasteiger partial charge in [0.15, 0.2) is 0 Å². The van der Waals surface area contributed by atoms with Gasteiger partial charge in [0, 0.05) is 29.2 Å². The molecule has 0 aromatic heterocycles. The Morgan fingerprint density at radius 1 is 1.04 bits per heavy atom. The molecule has 5 N–H and O–H groups in total. The van der Waals surface area contributed by atoms with Crippen LogP contribution in [-0.2, 0) is 4.79 Å². The summed E-state index contributed by atoms with van der Waals surface area (Å²) in [5, 5.41) is 2.99. The topological polar surface area (TPSA) is 81.1 Å². The number of carbonyl (C=O) groups excluding carboxylic acids is 1. The molecule has 0 heterocycles. The summed E-state index contributed by atoms with van der Waals surface area (Å²) in [6, 6.07) is 8.71. The van der Waals surface area contributed by atoms with E-state index in [2.05, 4.69) is 5.32 Å². The average Bonchev–Trinajstić information content (AvgIpc) is 2.60. The van der Waals surface area contributed by atoms with Gasteiger partial charge in [-0.1, -0.05) is 23.8 Å². The Labute approximate surface area is 163 Å². The molecule has 0 aliphatic heterocycles. The van der Waals surface area contributed by atoms with Crippen molar-refractivity contribution in [2.24, 2.45) is 5.73 Å². The monoisotopic (exact) mass is 383 g/mol. The third-order valence-electron chi connectivity index (χ3n) is 4.11. The van der Waals surface area contributed by atoms with Gasteiger partial charge in [-0.05, 0) is 56.2 Å². The number of hydrogen-bond acceptors (Lipinski definition) is 3. The summed E-state index contributed by atoms with van der Waals surface area (Å²) < 4.78 is 28.7. The molecule has 0 saturated heterocycles. The fraction of sp³-hybridized carbons (Fsp3) is 0.136. The number of allylic oxidation sites excluding steroid dienone is 3. The van der Waals surface area contributed by atoms with Gasteiger partial charge in [0.2, 0.25) is 5.91 Å². The Kier molecular flexibility index (Phi) is 6.71. The van der Waals surface area contributed by atoms with Gasteiger partial charge < -0.3 is 16.8 Å². The number of anilines is 1. The lowest BCUT2D eigenvalue weighted by atomic mass is 9.92. The van der Waals surface area contributed by atoms with Crippen molar-refractivity contribution in [3.63, 3.8) is 0 Å². The van der Waals surface area contributed by atoms with Crippen LogP contribution in [0.25, 0.3) is 16.7 Å². The van der Waals surface area contributed by atoms with Gasteiger partial charge >= 0.3 is 0 Å². The van der Waals surface area contributed by atoms with Crippen molar-refractivity contribution in [3.8, 4) is 11.1 Å². The van der Waals surface area contributed by atoms with Crippen LogP contribution in [0.4, 0.5) is 14.5 Å². The quantitative estimate of drug-likeness (QED) is 0.390. The smallest absolute Gasteiger partial charge is 0.242 e. The van der Waals surface area contributed by atoms with Crippen molar-refractivity contribution in [1.82, 2.24) is 5.32 Å². The van der Waals surface area contributed by atoms with Gasteiger partial charge in [-0.25, -0.2) is 8.78 Å². The summed E-state index contributed by atoms with van der Waals surface area (Å²) in [7, 11) is 0. The molecule has 0 radical (unpaired) electrons. The summed E-state index contributed by atoms with van der Waals surface area (Å²) in [6.45, 7) is 5.57. The number of nitrogens with one attached hydrogen (secondary N) is 1. The standard InChI is InChI=1S/C22H23F2N3O/c1-13(2)19(27-11-10-20(26)28)12-14(3)21-15(6-4-9-18(21)25)22-16(23)7-5-8-17(22)24/h4-12,27H,25H2,1-3H3,(H2,26,28)/b11-10+,14-12+. The van der Waals surface area contributed by atoms with E-state index in [-0.39, 0.29) is 5.56 Å². The maximum absolute atomic E-state index is 14.4. The molecular formula is C22H23F2N3O. The predicted molar refractivity (Wildman–Crippen MR) is 110 cm³/mol. The minimum Gasteiger partial charge on any atom is -0.398 e. The fourth-order valence-electron chi connectivity index (χ4n) is 2.81. The Hall–Kier alpha value is -3.41. The van der Waals surface area contributed by atoms with E-state index in [0.29, 0.717) is 28.1 Å². The predicted octanol–water partition coefficient (Wildman–Crippen LogP) is 4.50. The highest BCUT2D eigenvalue weighted by Gasteiger charge is 2.17. The zero-order valence-corrected chi connectivity index (χ0v) is 16.0. The van der Waals surface area contributed by atoms with Crippen LogP contribution in [0.5, 0.6) is 0 Å². The van der Waals surface area contributed by atoms with Crippen LogP contribution < -0.4 is 16.8 Å². The molecule has 4 nitrogen and oxygen atoms in total. The molecular weight excluding hydrogens is 360 g/mol. The number of carbonyl (C=O) groups is 1. The van der Waals surface area contributed by atoms with Crippen molar-refractivity contribution >= 4 is 17.2 Å². The van der Waals surface area contributed by atoms with Crippen molar-refractivity contribution in [3.05, 3.63) is 83.2 Å². The van der Waals surface area contributed by atoms with Gasteiger partial charge in [-0.2, -0.15) is 0 Å². The van der Waals surface area contributed by atoms with E-state index in [1.165, 1.54) is 30.5 Å². The van der Waals surface area contributed by atoms with E-state index in [1.807, 2.05) is 13.8 Å². The van der Waals surface area contributed by atoms with E-state index in [4.69, 9.17) is 11.5 Å². The highest BCUT2D eigenvalue weighted by molar-refractivity contribution is 5.88. The summed E-state index contributed by atoms with van der Waals surface area (Å²) >= 11 is 0. The first-order valence-electron chi connectivity index (χ1n) is 8.64. The number of halogens is 2. The third-order valence-corrected chi connectivity index (χ3v) is 4.11. The molecule has 2 aromatic carbocycles. The Morgan fingerprint density at radius 2 is 1.64 bits per heavy atom. The molecule has 2 aromatic rings. The highest BCUT2D eigenvalue weighted by atomic mass is 19.1. The first-order valence-corrected chi connectivity index (χ1v) is 8.64. The van der Waals surface area contributed by atoms with E-state index in [9.17, 15) is 13.6 Å². The Balaban J connectivity index is 2.60. The third kappa shape index (κ3) is 4.85. The fourth-order valence-corrected chi connectivity index (χ4v) is 2.81. The molecule has 0 aliphatic rings. The number of rotatable bonds is 6. The molecule has 0 aliphatic carbocycles. The maximum atomic E-state index is 14.4. The van der Waals surface area contributed by atoms with Crippen LogP contribution in [0.2, 0.25) is 0 Å². The van der Waals surface area contributed by atoms with Crippen molar-refractivity contribution in [2.45, 2.75) is 20.8 Å². The molecule has 28 heavy (non-hydrogen) atoms. The average molecular weight is 383 g/mol.